The summed E-state index contributed by atoms with van der Waals surface area (Å²) in [5, 5.41) is 5.76. The third-order valence-corrected chi connectivity index (χ3v) is 3.01. The van der Waals surface area contributed by atoms with Crippen LogP contribution in [-0.4, -0.2) is 29.5 Å². The molecule has 0 saturated carbocycles. The summed E-state index contributed by atoms with van der Waals surface area (Å²) in [5.74, 6) is 1.13. The molecule has 0 bridgehead atoms. The van der Waals surface area contributed by atoms with E-state index in [1.165, 1.54) is 0 Å². The maximum Gasteiger partial charge on any atom is 0.257 e. The van der Waals surface area contributed by atoms with Gasteiger partial charge < -0.3 is 10.1 Å². The van der Waals surface area contributed by atoms with E-state index in [4.69, 9.17) is 17.0 Å². The lowest BCUT2D eigenvalue weighted by atomic mass is 10.2. The van der Waals surface area contributed by atoms with E-state index in [0.29, 0.717) is 11.4 Å². The van der Waals surface area contributed by atoms with Crippen molar-refractivity contribution in [2.75, 3.05) is 6.54 Å². The van der Waals surface area contributed by atoms with Crippen molar-refractivity contribution in [1.82, 2.24) is 10.6 Å². The Labute approximate surface area is 135 Å². The van der Waals surface area contributed by atoms with Gasteiger partial charge in [-0.3, -0.25) is 15.1 Å². The van der Waals surface area contributed by atoms with Crippen LogP contribution in [0.25, 0.3) is 0 Å². The van der Waals surface area contributed by atoms with Crippen LogP contribution >= 0.6 is 12.2 Å². The molecule has 0 saturated heterocycles. The lowest BCUT2D eigenvalue weighted by Gasteiger charge is -2.12. The number of hydrogen-bond donors (Lipinski definition) is 2. The van der Waals surface area contributed by atoms with Crippen LogP contribution in [0.15, 0.2) is 41.4 Å². The second-order valence-electron chi connectivity index (χ2n) is 5.06. The highest BCUT2D eigenvalue weighted by molar-refractivity contribution is 7.80. The summed E-state index contributed by atoms with van der Waals surface area (Å²) in [7, 11) is 0. The number of aliphatic imine (C=N–C) groups is 1. The highest BCUT2D eigenvalue weighted by atomic mass is 32.1. The summed E-state index contributed by atoms with van der Waals surface area (Å²) in [5.41, 5.74) is 0.515. The molecule has 5 nitrogen and oxygen atoms in total. The summed E-state index contributed by atoms with van der Waals surface area (Å²) < 4.78 is 5.54. The van der Waals surface area contributed by atoms with Gasteiger partial charge in [0.05, 0.1) is 6.10 Å². The van der Waals surface area contributed by atoms with Crippen LogP contribution in [0.1, 0.15) is 30.6 Å². The van der Waals surface area contributed by atoms with Crippen molar-refractivity contribution in [3.8, 4) is 5.75 Å². The van der Waals surface area contributed by atoms with Crippen LogP contribution in [-0.2, 0) is 0 Å². The average Bonchev–Trinajstić information content (AvgIpc) is 2.48. The van der Waals surface area contributed by atoms with Crippen LogP contribution in [0.2, 0.25) is 0 Å². The number of ether oxygens (including phenoxy) is 1. The molecule has 22 heavy (non-hydrogen) atoms. The Morgan fingerprint density at radius 1 is 1.32 bits per heavy atom. The molecule has 1 aliphatic rings. The van der Waals surface area contributed by atoms with E-state index < -0.39 is 0 Å². The van der Waals surface area contributed by atoms with E-state index in [2.05, 4.69) is 15.6 Å². The van der Waals surface area contributed by atoms with Crippen molar-refractivity contribution < 1.29 is 9.53 Å². The van der Waals surface area contributed by atoms with Gasteiger partial charge in [0.25, 0.3) is 5.91 Å². The van der Waals surface area contributed by atoms with E-state index >= 15 is 0 Å². The minimum atomic E-state index is -0.269. The first-order chi connectivity index (χ1) is 10.5. The zero-order valence-corrected chi connectivity index (χ0v) is 13.4. The van der Waals surface area contributed by atoms with E-state index in [9.17, 15) is 4.79 Å². The van der Waals surface area contributed by atoms with Crippen LogP contribution in [0.5, 0.6) is 5.75 Å². The number of benzene rings is 1. The fraction of sp³-hybridized carbons (Fsp3) is 0.312. The quantitative estimate of drug-likeness (QED) is 0.841. The van der Waals surface area contributed by atoms with Gasteiger partial charge in [-0.1, -0.05) is 6.08 Å². The second kappa shape index (κ2) is 7.70. The van der Waals surface area contributed by atoms with E-state index in [0.717, 1.165) is 18.7 Å². The van der Waals surface area contributed by atoms with Gasteiger partial charge >= 0.3 is 0 Å². The standard InChI is InChI=1S/C16H19N3O2S/c1-11(2)21-13-8-6-12(7-9-13)15(20)19-16(22)18-14-5-3-4-10-17-14/h3,5-9,11H,4,10H2,1-2H3,(H2,17,18,19,20,22). The van der Waals surface area contributed by atoms with E-state index in [-0.39, 0.29) is 17.1 Å². The maximum absolute atomic E-state index is 12.1. The Morgan fingerprint density at radius 2 is 2.05 bits per heavy atom. The smallest absolute Gasteiger partial charge is 0.257 e. The normalized spacial score (nSPS) is 13.5. The Kier molecular flexibility index (Phi) is 5.66. The highest BCUT2D eigenvalue weighted by Gasteiger charge is 2.09. The first-order valence-electron chi connectivity index (χ1n) is 7.14. The molecule has 116 valence electrons. The van der Waals surface area contributed by atoms with Gasteiger partial charge in [-0.15, -0.1) is 0 Å². The number of amidine groups is 1. The summed E-state index contributed by atoms with van der Waals surface area (Å²) in [4.78, 5) is 16.3. The zero-order valence-electron chi connectivity index (χ0n) is 12.6. The topological polar surface area (TPSA) is 62.7 Å². The molecular formula is C16H19N3O2S. The zero-order chi connectivity index (χ0) is 15.9. The molecule has 0 aromatic heterocycles. The minimum absolute atomic E-state index is 0.0979. The third kappa shape index (κ3) is 4.96. The molecule has 0 radical (unpaired) electrons. The molecule has 0 fully saturated rings. The number of thiocarbonyl (C=S) groups is 1. The van der Waals surface area contributed by atoms with Crippen LogP contribution in [0.4, 0.5) is 0 Å². The largest absolute Gasteiger partial charge is 0.491 e. The molecule has 1 aromatic carbocycles. The number of amides is 1. The predicted molar refractivity (Wildman–Crippen MR) is 91.5 cm³/mol. The van der Waals surface area contributed by atoms with Crippen LogP contribution < -0.4 is 15.4 Å². The Bertz CT molecular complexity index is 606. The molecule has 0 aliphatic carbocycles. The lowest BCUT2D eigenvalue weighted by Crippen LogP contribution is -2.42. The molecular weight excluding hydrogens is 298 g/mol. The number of dihydropyridines is 1. The van der Waals surface area contributed by atoms with Gasteiger partial charge in [-0.25, -0.2) is 0 Å². The molecule has 1 aliphatic heterocycles. The summed E-state index contributed by atoms with van der Waals surface area (Å²) in [6, 6.07) is 6.93. The van der Waals surface area contributed by atoms with E-state index in [1.807, 2.05) is 26.0 Å². The van der Waals surface area contributed by atoms with Crippen molar-refractivity contribution in [3.63, 3.8) is 0 Å². The Hall–Kier alpha value is -2.21. The lowest BCUT2D eigenvalue weighted by molar-refractivity contribution is 0.0977. The number of nitrogens with one attached hydrogen (secondary N) is 2. The molecule has 1 aromatic rings. The van der Waals surface area contributed by atoms with Gasteiger partial charge in [0, 0.05) is 12.1 Å². The highest BCUT2D eigenvalue weighted by Crippen LogP contribution is 2.13. The molecule has 1 heterocycles. The molecule has 2 rings (SSSR count). The molecule has 0 unspecified atom stereocenters. The number of carbonyl (C=O) groups excluding carboxylic acids is 1. The van der Waals surface area contributed by atoms with Crippen LogP contribution in [0, 0.1) is 0 Å². The maximum atomic E-state index is 12.1. The molecule has 0 atom stereocenters. The fourth-order valence-electron chi connectivity index (χ4n) is 1.87. The first kappa shape index (κ1) is 16.2. The number of nitrogens with zero attached hydrogens (tertiary/aromatic N) is 1. The fourth-order valence-corrected chi connectivity index (χ4v) is 2.07. The van der Waals surface area contributed by atoms with Crippen molar-refractivity contribution in [3.05, 3.63) is 42.0 Å². The van der Waals surface area contributed by atoms with Crippen molar-refractivity contribution >= 4 is 29.1 Å². The summed E-state index contributed by atoms with van der Waals surface area (Å²) >= 11 is 5.11. The minimum Gasteiger partial charge on any atom is -0.491 e. The molecule has 2 N–H and O–H groups in total. The van der Waals surface area contributed by atoms with Gasteiger partial charge in [0.2, 0.25) is 0 Å². The Morgan fingerprint density at radius 3 is 2.64 bits per heavy atom. The van der Waals surface area contributed by atoms with Gasteiger partial charge in [-0.05, 0) is 62.8 Å². The third-order valence-electron chi connectivity index (χ3n) is 2.81. The van der Waals surface area contributed by atoms with Gasteiger partial charge in [-0.2, -0.15) is 0 Å². The molecule has 1 amide bonds. The van der Waals surface area contributed by atoms with Crippen LogP contribution in [0.3, 0.4) is 0 Å². The van der Waals surface area contributed by atoms with Gasteiger partial charge in [0.1, 0.15) is 11.6 Å². The monoisotopic (exact) mass is 317 g/mol. The number of carbonyl (C=O) groups is 1. The summed E-state index contributed by atoms with van der Waals surface area (Å²) in [6.45, 7) is 4.63. The SMILES string of the molecule is CC(C)Oc1ccc(C(=O)NC(=S)NC2=NCCC=C2)cc1. The number of rotatable bonds is 3. The molecule has 0 spiro atoms. The second-order valence-corrected chi connectivity index (χ2v) is 5.47. The first-order valence-corrected chi connectivity index (χ1v) is 7.55. The average molecular weight is 317 g/mol. The van der Waals surface area contributed by atoms with Crippen molar-refractivity contribution in [2.45, 2.75) is 26.4 Å². The van der Waals surface area contributed by atoms with Gasteiger partial charge in [0.15, 0.2) is 5.11 Å². The predicted octanol–water partition coefficient (Wildman–Crippen LogP) is 2.44. The molecule has 6 heteroatoms. The number of hydrogen-bond acceptors (Lipinski definition) is 4. The van der Waals surface area contributed by atoms with Crippen molar-refractivity contribution in [1.29, 1.82) is 0 Å². The van der Waals surface area contributed by atoms with E-state index in [1.54, 1.807) is 24.3 Å². The van der Waals surface area contributed by atoms with Crippen molar-refractivity contribution in [2.24, 2.45) is 4.99 Å². The Balaban J connectivity index is 1.89. The summed E-state index contributed by atoms with van der Waals surface area (Å²) in [6.07, 6.45) is 4.88.